The number of benzene rings is 1. The third kappa shape index (κ3) is 3.82. The molecule has 0 N–H and O–H groups in total. The minimum Gasteiger partial charge on any atom is -0.341 e. The van der Waals surface area contributed by atoms with Crippen molar-refractivity contribution in [1.82, 2.24) is 24.1 Å². The van der Waals surface area contributed by atoms with Crippen LogP contribution in [0.1, 0.15) is 31.0 Å². The molecule has 1 amide bonds. The smallest absolute Gasteiger partial charge is 0.239 e. The molecule has 4 heterocycles. The van der Waals surface area contributed by atoms with Gasteiger partial charge in [0.05, 0.1) is 11.7 Å². The van der Waals surface area contributed by atoms with E-state index >= 15 is 0 Å². The van der Waals surface area contributed by atoms with Crippen LogP contribution in [0.2, 0.25) is 0 Å². The molecule has 1 atom stereocenters. The van der Waals surface area contributed by atoms with E-state index in [1.54, 1.807) is 0 Å². The minimum atomic E-state index is -0.166. The van der Waals surface area contributed by atoms with Crippen LogP contribution in [0.15, 0.2) is 60.9 Å². The molecule has 2 aliphatic heterocycles. The van der Waals surface area contributed by atoms with E-state index in [9.17, 15) is 4.79 Å². The van der Waals surface area contributed by atoms with Crippen LogP contribution in [0.3, 0.4) is 0 Å². The highest BCUT2D eigenvalue weighted by Gasteiger charge is 2.42. The molecule has 2 aliphatic rings. The number of hydrogen-bond acceptors (Lipinski definition) is 4. The molecule has 0 radical (unpaired) electrons. The number of piperidine rings is 1. The number of likely N-dealkylation sites (N-methyl/N-ethyl adjacent to an activating group) is 1. The third-order valence-corrected chi connectivity index (χ3v) is 7.55. The number of fused-ring (bicyclic) bond motifs is 1. The van der Waals surface area contributed by atoms with Crippen molar-refractivity contribution >= 4 is 11.6 Å². The summed E-state index contributed by atoms with van der Waals surface area (Å²) >= 11 is 0. The Balaban J connectivity index is 1.38. The Morgan fingerprint density at radius 1 is 0.938 bits per heavy atom. The molecule has 3 aromatic rings. The molecule has 1 unspecified atom stereocenters. The first-order valence-electron chi connectivity index (χ1n) is 11.8. The first-order valence-corrected chi connectivity index (χ1v) is 11.8. The van der Waals surface area contributed by atoms with Crippen molar-refractivity contribution in [2.24, 2.45) is 0 Å². The van der Waals surface area contributed by atoms with E-state index < -0.39 is 0 Å². The molecule has 168 valence electrons. The summed E-state index contributed by atoms with van der Waals surface area (Å²) in [6.45, 7) is 7.60. The van der Waals surface area contributed by atoms with Gasteiger partial charge in [0.1, 0.15) is 5.65 Å². The molecule has 6 nitrogen and oxygen atoms in total. The van der Waals surface area contributed by atoms with Crippen molar-refractivity contribution in [3.8, 4) is 0 Å². The number of likely N-dealkylation sites (tertiary alicyclic amines) is 1. The zero-order valence-electron chi connectivity index (χ0n) is 19.2. The normalized spacial score (nSPS) is 21.0. The fourth-order valence-electron chi connectivity index (χ4n) is 5.35. The van der Waals surface area contributed by atoms with Crippen LogP contribution in [-0.4, -0.2) is 82.3 Å². The Kier molecular flexibility index (Phi) is 5.74. The van der Waals surface area contributed by atoms with Gasteiger partial charge in [-0.05, 0) is 44.5 Å². The molecule has 0 spiro atoms. The molecular weight excluding hydrogens is 398 g/mol. The van der Waals surface area contributed by atoms with Crippen LogP contribution in [0.5, 0.6) is 0 Å². The highest BCUT2D eigenvalue weighted by atomic mass is 16.2. The van der Waals surface area contributed by atoms with E-state index in [-0.39, 0.29) is 17.4 Å². The number of imidazole rings is 1. The van der Waals surface area contributed by atoms with Crippen molar-refractivity contribution in [3.63, 3.8) is 0 Å². The SMILES string of the molecule is CC(C(=O)N1CCC(c2ccccc2)(c2cn3ccccc3n2)CC1)N1CCN(C)CC1. The van der Waals surface area contributed by atoms with E-state index in [1.807, 2.05) is 12.1 Å². The molecule has 2 aromatic heterocycles. The molecule has 32 heavy (non-hydrogen) atoms. The lowest BCUT2D eigenvalue weighted by Crippen LogP contribution is -2.55. The van der Waals surface area contributed by atoms with Gasteiger partial charge in [0.25, 0.3) is 0 Å². The number of hydrogen-bond donors (Lipinski definition) is 0. The summed E-state index contributed by atoms with van der Waals surface area (Å²) in [6, 6.07) is 16.8. The van der Waals surface area contributed by atoms with E-state index in [2.05, 4.69) is 81.9 Å². The van der Waals surface area contributed by atoms with Gasteiger partial charge in [-0.2, -0.15) is 0 Å². The zero-order chi connectivity index (χ0) is 22.1. The van der Waals surface area contributed by atoms with Crippen molar-refractivity contribution in [2.45, 2.75) is 31.2 Å². The average Bonchev–Trinajstić information content (AvgIpc) is 3.29. The summed E-state index contributed by atoms with van der Waals surface area (Å²) in [5.74, 6) is 0.270. The van der Waals surface area contributed by atoms with Gasteiger partial charge in [-0.15, -0.1) is 0 Å². The third-order valence-electron chi connectivity index (χ3n) is 7.55. The number of aromatic nitrogens is 2. The fourth-order valence-corrected chi connectivity index (χ4v) is 5.35. The lowest BCUT2D eigenvalue weighted by atomic mass is 9.70. The van der Waals surface area contributed by atoms with Gasteiger partial charge in [0, 0.05) is 57.1 Å². The Labute approximate surface area is 190 Å². The van der Waals surface area contributed by atoms with Gasteiger partial charge < -0.3 is 14.2 Å². The Bertz CT molecular complexity index is 1030. The fraction of sp³-hybridized carbons (Fsp3) is 0.462. The predicted molar refractivity (Wildman–Crippen MR) is 127 cm³/mol. The van der Waals surface area contributed by atoms with Gasteiger partial charge in [-0.1, -0.05) is 36.4 Å². The number of piperazine rings is 1. The molecule has 0 saturated carbocycles. The number of amides is 1. The van der Waals surface area contributed by atoms with Crippen molar-refractivity contribution in [2.75, 3.05) is 46.3 Å². The lowest BCUT2D eigenvalue weighted by molar-refractivity contribution is -0.138. The number of carbonyl (C=O) groups excluding carboxylic acids is 1. The number of nitrogens with zero attached hydrogens (tertiary/aromatic N) is 5. The molecule has 5 rings (SSSR count). The van der Waals surface area contributed by atoms with Crippen molar-refractivity contribution in [1.29, 1.82) is 0 Å². The minimum absolute atomic E-state index is 0.0527. The maximum atomic E-state index is 13.4. The van der Waals surface area contributed by atoms with Crippen LogP contribution in [0.4, 0.5) is 0 Å². The van der Waals surface area contributed by atoms with Gasteiger partial charge >= 0.3 is 0 Å². The summed E-state index contributed by atoms with van der Waals surface area (Å²) < 4.78 is 2.10. The second kappa shape index (κ2) is 8.68. The van der Waals surface area contributed by atoms with Crippen molar-refractivity contribution < 1.29 is 4.79 Å². The summed E-state index contributed by atoms with van der Waals surface area (Å²) in [5, 5.41) is 0. The summed E-state index contributed by atoms with van der Waals surface area (Å²) in [4.78, 5) is 25.1. The monoisotopic (exact) mass is 431 g/mol. The molecule has 0 bridgehead atoms. The van der Waals surface area contributed by atoms with E-state index in [1.165, 1.54) is 5.56 Å². The van der Waals surface area contributed by atoms with Crippen LogP contribution in [-0.2, 0) is 10.2 Å². The second-order valence-corrected chi connectivity index (χ2v) is 9.38. The molecule has 2 saturated heterocycles. The van der Waals surface area contributed by atoms with Gasteiger partial charge in [0.15, 0.2) is 0 Å². The van der Waals surface area contributed by atoms with Gasteiger partial charge in [0.2, 0.25) is 5.91 Å². The van der Waals surface area contributed by atoms with Gasteiger partial charge in [-0.25, -0.2) is 4.98 Å². The first kappa shape index (κ1) is 21.2. The molecule has 6 heteroatoms. The molecule has 0 aliphatic carbocycles. The summed E-state index contributed by atoms with van der Waals surface area (Å²) in [5.41, 5.74) is 3.21. The van der Waals surface area contributed by atoms with E-state index in [0.717, 1.165) is 63.5 Å². The maximum absolute atomic E-state index is 13.4. The second-order valence-electron chi connectivity index (χ2n) is 9.38. The Morgan fingerprint density at radius 3 is 2.31 bits per heavy atom. The highest BCUT2D eigenvalue weighted by molar-refractivity contribution is 5.81. The predicted octanol–water partition coefficient (Wildman–Crippen LogP) is 2.88. The van der Waals surface area contributed by atoms with Crippen molar-refractivity contribution in [3.05, 3.63) is 72.2 Å². The van der Waals surface area contributed by atoms with Crippen LogP contribution in [0.25, 0.3) is 5.65 Å². The van der Waals surface area contributed by atoms with Crippen LogP contribution in [0, 0.1) is 0 Å². The first-order chi connectivity index (χ1) is 15.6. The zero-order valence-corrected chi connectivity index (χ0v) is 19.2. The Morgan fingerprint density at radius 2 is 1.62 bits per heavy atom. The lowest BCUT2D eigenvalue weighted by Gasteiger charge is -2.43. The molecular formula is C26H33N5O. The quantitative estimate of drug-likeness (QED) is 0.637. The number of pyridine rings is 1. The maximum Gasteiger partial charge on any atom is 0.239 e. The molecule has 2 fully saturated rings. The summed E-state index contributed by atoms with van der Waals surface area (Å²) in [7, 11) is 2.15. The standard InChI is InChI=1S/C26H33N5O/c1-21(29-18-16-28(2)17-19-29)25(32)30-14-11-26(12-15-30,22-8-4-3-5-9-22)23-20-31-13-7-6-10-24(31)27-23/h3-10,13,20-21H,11-12,14-19H2,1-2H3. The van der Waals surface area contributed by atoms with Gasteiger partial charge in [-0.3, -0.25) is 9.69 Å². The highest BCUT2D eigenvalue weighted by Crippen LogP contribution is 2.41. The van der Waals surface area contributed by atoms with E-state index in [4.69, 9.17) is 4.98 Å². The molecule has 1 aromatic carbocycles. The average molecular weight is 432 g/mol. The van der Waals surface area contributed by atoms with E-state index in [0.29, 0.717) is 0 Å². The topological polar surface area (TPSA) is 44.1 Å². The van der Waals surface area contributed by atoms with Crippen LogP contribution < -0.4 is 0 Å². The largest absolute Gasteiger partial charge is 0.341 e. The van der Waals surface area contributed by atoms with Crippen LogP contribution >= 0.6 is 0 Å². The number of rotatable bonds is 4. The number of carbonyl (C=O) groups is 1. The Hall–Kier alpha value is -2.70. The summed E-state index contributed by atoms with van der Waals surface area (Å²) in [6.07, 6.45) is 6.01.